The van der Waals surface area contributed by atoms with Crippen molar-refractivity contribution in [3.63, 3.8) is 0 Å². The number of hydrogen-bond donors (Lipinski definition) is 0. The van der Waals surface area contributed by atoms with E-state index in [0.717, 1.165) is 0 Å². The molecule has 0 rings (SSSR count). The van der Waals surface area contributed by atoms with Crippen LogP contribution in [0.4, 0.5) is 0 Å². The molecule has 10 heavy (non-hydrogen) atoms. The first-order valence-electron chi connectivity index (χ1n) is 3.13. The number of allylic oxidation sites excluding steroid dienone is 2. The molecule has 0 heterocycles. The van der Waals surface area contributed by atoms with Crippen LogP contribution in [-0.4, -0.2) is 25.3 Å². The third kappa shape index (κ3) is 7.64. The predicted molar refractivity (Wildman–Crippen MR) is 44.1 cm³/mol. The molecule has 0 aromatic rings. The van der Waals surface area contributed by atoms with Crippen LogP contribution >= 0.6 is 7.14 Å². The Bertz CT molecular complexity index is 188. The molecule has 0 N–H and O–H groups in total. The number of carbonyl (C=O) groups excluding carboxylic acids is 1. The quantitative estimate of drug-likeness (QED) is 0.465. The first kappa shape index (κ1) is 9.64. The fraction of sp³-hybridized carbons (Fsp3) is 0.571. The average Bonchev–Trinajstić information content (AvgIpc) is 1.59. The number of ketones is 1. The van der Waals surface area contributed by atoms with E-state index in [-0.39, 0.29) is 5.78 Å². The molecule has 0 atom stereocenters. The van der Waals surface area contributed by atoms with Gasteiger partial charge in [0.1, 0.15) is 0 Å². The van der Waals surface area contributed by atoms with Crippen LogP contribution in [0.5, 0.6) is 0 Å². The second kappa shape index (κ2) is 3.72. The summed E-state index contributed by atoms with van der Waals surface area (Å²) in [7, 11) is -1.96. The molecule has 0 aromatic carbocycles. The van der Waals surface area contributed by atoms with Crippen LogP contribution in [0, 0.1) is 0 Å². The zero-order chi connectivity index (χ0) is 8.20. The molecule has 3 heteroatoms. The monoisotopic (exact) mass is 160 g/mol. The van der Waals surface area contributed by atoms with Gasteiger partial charge in [0, 0.05) is 6.16 Å². The van der Waals surface area contributed by atoms with Crippen molar-refractivity contribution in [1.29, 1.82) is 0 Å². The summed E-state index contributed by atoms with van der Waals surface area (Å²) in [5.41, 5.74) is 0. The van der Waals surface area contributed by atoms with Crippen molar-refractivity contribution in [3.05, 3.63) is 12.2 Å². The molecule has 0 saturated carbocycles. The first-order chi connectivity index (χ1) is 4.42. The molecule has 58 valence electrons. The van der Waals surface area contributed by atoms with E-state index in [1.54, 1.807) is 19.4 Å². The van der Waals surface area contributed by atoms with Crippen LogP contribution in [0.25, 0.3) is 0 Å². The fourth-order valence-electron chi connectivity index (χ4n) is 0.473. The second-order valence-corrected chi connectivity index (χ2v) is 6.28. The highest BCUT2D eigenvalue weighted by Gasteiger charge is 2.01. The second-order valence-electron chi connectivity index (χ2n) is 2.77. The van der Waals surface area contributed by atoms with E-state index in [1.165, 1.54) is 13.0 Å². The van der Waals surface area contributed by atoms with Gasteiger partial charge in [-0.05, 0) is 26.3 Å². The predicted octanol–water partition coefficient (Wildman–Crippen LogP) is 1.75. The summed E-state index contributed by atoms with van der Waals surface area (Å²) in [5, 5.41) is 0. The Morgan fingerprint density at radius 1 is 1.50 bits per heavy atom. The van der Waals surface area contributed by atoms with Crippen LogP contribution in [0.15, 0.2) is 12.2 Å². The topological polar surface area (TPSA) is 34.1 Å². The standard InChI is InChI=1S/C7H13O2P/c1-7(8)5-4-6-10(2,3)9/h4-5H,6H2,1-3H3/b5-4+. The summed E-state index contributed by atoms with van der Waals surface area (Å²) in [6.45, 7) is 4.89. The van der Waals surface area contributed by atoms with E-state index in [0.29, 0.717) is 6.16 Å². The van der Waals surface area contributed by atoms with Gasteiger partial charge >= 0.3 is 0 Å². The molecule has 0 aliphatic heterocycles. The van der Waals surface area contributed by atoms with Crippen LogP contribution in [0.2, 0.25) is 0 Å². The van der Waals surface area contributed by atoms with E-state index in [4.69, 9.17) is 0 Å². The van der Waals surface area contributed by atoms with Crippen molar-refractivity contribution in [2.24, 2.45) is 0 Å². The van der Waals surface area contributed by atoms with Gasteiger partial charge < -0.3 is 4.57 Å². The van der Waals surface area contributed by atoms with E-state index in [9.17, 15) is 9.36 Å². The van der Waals surface area contributed by atoms with E-state index in [1.807, 2.05) is 0 Å². The molecular weight excluding hydrogens is 147 g/mol. The Morgan fingerprint density at radius 2 is 2.00 bits per heavy atom. The van der Waals surface area contributed by atoms with Crippen molar-refractivity contribution < 1.29 is 9.36 Å². The third-order valence-electron chi connectivity index (χ3n) is 0.898. The van der Waals surface area contributed by atoms with Gasteiger partial charge in [0.2, 0.25) is 0 Å². The summed E-state index contributed by atoms with van der Waals surface area (Å²) >= 11 is 0. The molecule has 0 aliphatic rings. The van der Waals surface area contributed by atoms with Crippen molar-refractivity contribution in [1.82, 2.24) is 0 Å². The van der Waals surface area contributed by atoms with Crippen LogP contribution in [0.3, 0.4) is 0 Å². The largest absolute Gasteiger partial charge is 0.324 e. The molecule has 0 aliphatic carbocycles. The summed E-state index contributed by atoms with van der Waals surface area (Å²) < 4.78 is 11.0. The Balaban J connectivity index is 3.76. The van der Waals surface area contributed by atoms with E-state index < -0.39 is 7.14 Å². The Kier molecular flexibility index (Phi) is 3.59. The smallest absolute Gasteiger partial charge is 0.152 e. The summed E-state index contributed by atoms with van der Waals surface area (Å²) in [5.74, 6) is 0.00782. The number of hydrogen-bond acceptors (Lipinski definition) is 2. The highest BCUT2D eigenvalue weighted by Crippen LogP contribution is 2.35. The fourth-order valence-corrected chi connectivity index (χ4v) is 1.09. The van der Waals surface area contributed by atoms with E-state index >= 15 is 0 Å². The third-order valence-corrected chi connectivity index (χ3v) is 1.99. The SMILES string of the molecule is CC(=O)/C=C/CP(C)(C)=O. The lowest BCUT2D eigenvalue weighted by atomic mass is 10.4. The van der Waals surface area contributed by atoms with Crippen molar-refractivity contribution in [3.8, 4) is 0 Å². The lowest BCUT2D eigenvalue weighted by molar-refractivity contribution is -0.112. The van der Waals surface area contributed by atoms with Gasteiger partial charge in [-0.1, -0.05) is 6.08 Å². The van der Waals surface area contributed by atoms with Crippen molar-refractivity contribution in [2.75, 3.05) is 19.5 Å². The molecule has 0 fully saturated rings. The van der Waals surface area contributed by atoms with Gasteiger partial charge in [0.05, 0.1) is 7.14 Å². The number of rotatable bonds is 3. The van der Waals surface area contributed by atoms with Gasteiger partial charge in [0.25, 0.3) is 0 Å². The lowest BCUT2D eigenvalue weighted by Gasteiger charge is -1.98. The molecule has 0 radical (unpaired) electrons. The zero-order valence-corrected chi connectivity index (χ0v) is 7.52. The van der Waals surface area contributed by atoms with Crippen LogP contribution in [0.1, 0.15) is 6.92 Å². The Labute approximate surface area is 61.7 Å². The van der Waals surface area contributed by atoms with Gasteiger partial charge in [-0.2, -0.15) is 0 Å². The molecule has 2 nitrogen and oxygen atoms in total. The van der Waals surface area contributed by atoms with Gasteiger partial charge in [-0.25, -0.2) is 0 Å². The van der Waals surface area contributed by atoms with Gasteiger partial charge in [-0.3, -0.25) is 4.79 Å². The highest BCUT2D eigenvalue weighted by atomic mass is 31.2. The minimum atomic E-state index is -1.96. The normalized spacial score (nSPS) is 12.3. The maximum Gasteiger partial charge on any atom is 0.152 e. The van der Waals surface area contributed by atoms with Crippen molar-refractivity contribution in [2.45, 2.75) is 6.92 Å². The lowest BCUT2D eigenvalue weighted by Crippen LogP contribution is -1.84. The summed E-state index contributed by atoms with van der Waals surface area (Å²) in [6, 6.07) is 0. The number of carbonyl (C=O) groups is 1. The molecule has 0 bridgehead atoms. The van der Waals surface area contributed by atoms with Gasteiger partial charge in [-0.15, -0.1) is 0 Å². The maximum atomic E-state index is 11.0. The molecular formula is C7H13O2P. The minimum absolute atomic E-state index is 0.00782. The van der Waals surface area contributed by atoms with Crippen LogP contribution in [-0.2, 0) is 9.36 Å². The summed E-state index contributed by atoms with van der Waals surface area (Å²) in [6.07, 6.45) is 3.65. The molecule has 0 amide bonds. The molecule has 0 spiro atoms. The highest BCUT2D eigenvalue weighted by molar-refractivity contribution is 7.62. The Hall–Kier alpha value is -0.360. The Morgan fingerprint density at radius 3 is 2.30 bits per heavy atom. The maximum absolute atomic E-state index is 11.0. The van der Waals surface area contributed by atoms with Crippen LogP contribution < -0.4 is 0 Å². The average molecular weight is 160 g/mol. The first-order valence-corrected chi connectivity index (χ1v) is 5.91. The van der Waals surface area contributed by atoms with Crippen molar-refractivity contribution >= 4 is 12.9 Å². The zero-order valence-electron chi connectivity index (χ0n) is 6.63. The molecule has 0 aromatic heterocycles. The molecule has 0 unspecified atom stereocenters. The molecule has 0 saturated heterocycles. The summed E-state index contributed by atoms with van der Waals surface area (Å²) in [4.78, 5) is 10.4. The minimum Gasteiger partial charge on any atom is -0.324 e. The van der Waals surface area contributed by atoms with E-state index in [2.05, 4.69) is 0 Å². The van der Waals surface area contributed by atoms with Gasteiger partial charge in [0.15, 0.2) is 5.78 Å².